The maximum atomic E-state index is 11.9. The zero-order valence-corrected chi connectivity index (χ0v) is 14.1. The number of aliphatic hydroxyl groups excluding tert-OH is 1. The summed E-state index contributed by atoms with van der Waals surface area (Å²) in [5.74, 6) is -0.652. The van der Waals surface area contributed by atoms with Crippen molar-refractivity contribution < 1.29 is 14.7 Å². The molecule has 1 aromatic rings. The second-order valence-electron chi connectivity index (χ2n) is 6.30. The summed E-state index contributed by atoms with van der Waals surface area (Å²) in [6.07, 6.45) is -1.05. The highest BCUT2D eigenvalue weighted by Crippen LogP contribution is 2.19. The minimum atomic E-state index is -0.935. The Hall–Kier alpha value is -1.59. The molecule has 5 nitrogen and oxygen atoms in total. The van der Waals surface area contributed by atoms with Gasteiger partial charge in [-0.1, -0.05) is 23.7 Å². The van der Waals surface area contributed by atoms with Crippen LogP contribution in [-0.2, 0) is 9.59 Å². The van der Waals surface area contributed by atoms with Crippen LogP contribution in [0.2, 0.25) is 5.02 Å². The van der Waals surface area contributed by atoms with Gasteiger partial charge in [0.1, 0.15) is 6.04 Å². The second kappa shape index (κ2) is 7.61. The summed E-state index contributed by atoms with van der Waals surface area (Å²) in [6.45, 7) is 7.20. The normalized spacial score (nSPS) is 14.1. The molecule has 3 N–H and O–H groups in total. The Balaban J connectivity index is 2.51. The average molecular weight is 327 g/mol. The molecule has 1 rings (SSSR count). The van der Waals surface area contributed by atoms with E-state index in [0.29, 0.717) is 10.6 Å². The molecule has 0 saturated heterocycles. The first kappa shape index (κ1) is 18.5. The molecule has 2 amide bonds. The Kier molecular flexibility index (Phi) is 6.38. The quantitative estimate of drug-likeness (QED) is 0.776. The number of nitrogens with one attached hydrogen (secondary N) is 2. The van der Waals surface area contributed by atoms with Crippen molar-refractivity contribution in [2.24, 2.45) is 0 Å². The number of amides is 2. The third-order valence-electron chi connectivity index (χ3n) is 2.90. The largest absolute Gasteiger partial charge is 0.388 e. The number of benzene rings is 1. The first-order valence-electron chi connectivity index (χ1n) is 7.13. The van der Waals surface area contributed by atoms with Gasteiger partial charge in [-0.2, -0.15) is 0 Å². The SMILES string of the molecule is CC(NC(=O)CC(O)c1ccc(Cl)cc1)C(=O)NC(C)(C)C. The van der Waals surface area contributed by atoms with Crippen LogP contribution in [0.1, 0.15) is 45.8 Å². The molecule has 0 aliphatic heterocycles. The smallest absolute Gasteiger partial charge is 0.242 e. The maximum absolute atomic E-state index is 11.9. The van der Waals surface area contributed by atoms with Crippen LogP contribution in [0.15, 0.2) is 24.3 Å². The number of hydrogen-bond acceptors (Lipinski definition) is 3. The number of hydrogen-bond donors (Lipinski definition) is 3. The van der Waals surface area contributed by atoms with Crippen molar-refractivity contribution in [3.05, 3.63) is 34.9 Å². The molecule has 22 heavy (non-hydrogen) atoms. The molecule has 0 aliphatic carbocycles. The van der Waals surface area contributed by atoms with E-state index in [1.54, 1.807) is 31.2 Å². The van der Waals surface area contributed by atoms with E-state index in [2.05, 4.69) is 10.6 Å². The first-order valence-corrected chi connectivity index (χ1v) is 7.51. The molecule has 0 aliphatic rings. The van der Waals surface area contributed by atoms with Crippen LogP contribution in [-0.4, -0.2) is 28.5 Å². The molecule has 0 aromatic heterocycles. The maximum Gasteiger partial charge on any atom is 0.242 e. The highest BCUT2D eigenvalue weighted by Gasteiger charge is 2.22. The molecule has 2 unspecified atom stereocenters. The number of carbonyl (C=O) groups excluding carboxylic acids is 2. The second-order valence-corrected chi connectivity index (χ2v) is 6.74. The molecule has 6 heteroatoms. The molecule has 0 bridgehead atoms. The fraction of sp³-hybridized carbons (Fsp3) is 0.500. The van der Waals surface area contributed by atoms with Crippen molar-refractivity contribution in [1.29, 1.82) is 0 Å². The molecular weight excluding hydrogens is 304 g/mol. The summed E-state index contributed by atoms with van der Waals surface area (Å²) >= 11 is 5.77. The van der Waals surface area contributed by atoms with Crippen LogP contribution in [0, 0.1) is 0 Å². The summed E-state index contributed by atoms with van der Waals surface area (Å²) in [5.41, 5.74) is 0.241. The summed E-state index contributed by atoms with van der Waals surface area (Å²) < 4.78 is 0. The topological polar surface area (TPSA) is 78.4 Å². The van der Waals surface area contributed by atoms with Gasteiger partial charge in [-0.05, 0) is 45.4 Å². The lowest BCUT2D eigenvalue weighted by Gasteiger charge is -2.24. The van der Waals surface area contributed by atoms with E-state index in [1.165, 1.54) is 0 Å². The van der Waals surface area contributed by atoms with Gasteiger partial charge in [-0.15, -0.1) is 0 Å². The molecule has 1 aromatic carbocycles. The van der Waals surface area contributed by atoms with Crippen LogP contribution in [0.3, 0.4) is 0 Å². The summed E-state index contributed by atoms with van der Waals surface area (Å²) in [4.78, 5) is 23.8. The van der Waals surface area contributed by atoms with E-state index >= 15 is 0 Å². The van der Waals surface area contributed by atoms with E-state index < -0.39 is 12.1 Å². The molecular formula is C16H23ClN2O3. The van der Waals surface area contributed by atoms with Crippen LogP contribution in [0.25, 0.3) is 0 Å². The highest BCUT2D eigenvalue weighted by molar-refractivity contribution is 6.30. The number of aliphatic hydroxyl groups is 1. The molecule has 0 spiro atoms. The summed E-state index contributed by atoms with van der Waals surface area (Å²) in [7, 11) is 0. The van der Waals surface area contributed by atoms with E-state index in [0.717, 1.165) is 0 Å². The Bertz CT molecular complexity index is 523. The Morgan fingerprint density at radius 1 is 1.23 bits per heavy atom. The van der Waals surface area contributed by atoms with Crippen LogP contribution in [0.5, 0.6) is 0 Å². The zero-order valence-electron chi connectivity index (χ0n) is 13.3. The van der Waals surface area contributed by atoms with Crippen LogP contribution >= 0.6 is 11.6 Å². The van der Waals surface area contributed by atoms with Gasteiger partial charge < -0.3 is 15.7 Å². The van der Waals surface area contributed by atoms with Gasteiger partial charge in [-0.3, -0.25) is 9.59 Å². The van der Waals surface area contributed by atoms with E-state index in [9.17, 15) is 14.7 Å². The number of carbonyl (C=O) groups is 2. The van der Waals surface area contributed by atoms with Crippen molar-refractivity contribution in [1.82, 2.24) is 10.6 Å². The fourth-order valence-corrected chi connectivity index (χ4v) is 1.95. The zero-order chi connectivity index (χ0) is 16.9. The van der Waals surface area contributed by atoms with Gasteiger partial charge in [0.25, 0.3) is 0 Å². The van der Waals surface area contributed by atoms with Crippen molar-refractivity contribution in [2.45, 2.75) is 51.8 Å². The van der Waals surface area contributed by atoms with Gasteiger partial charge in [0.15, 0.2) is 0 Å². The van der Waals surface area contributed by atoms with Gasteiger partial charge in [0.2, 0.25) is 11.8 Å². The molecule has 0 heterocycles. The third-order valence-corrected chi connectivity index (χ3v) is 3.15. The Morgan fingerprint density at radius 3 is 2.27 bits per heavy atom. The number of halogens is 1. The fourth-order valence-electron chi connectivity index (χ4n) is 1.82. The van der Waals surface area contributed by atoms with Crippen molar-refractivity contribution in [3.63, 3.8) is 0 Å². The predicted octanol–water partition coefficient (Wildman–Crippen LogP) is 2.18. The molecule has 122 valence electrons. The average Bonchev–Trinajstić information content (AvgIpc) is 2.37. The van der Waals surface area contributed by atoms with Gasteiger partial charge in [0.05, 0.1) is 12.5 Å². The van der Waals surface area contributed by atoms with Crippen LogP contribution in [0.4, 0.5) is 0 Å². The van der Waals surface area contributed by atoms with E-state index in [4.69, 9.17) is 11.6 Å². The third kappa shape index (κ3) is 6.45. The summed E-state index contributed by atoms with van der Waals surface area (Å²) in [6, 6.07) is 5.96. The highest BCUT2D eigenvalue weighted by atomic mass is 35.5. The lowest BCUT2D eigenvalue weighted by Crippen LogP contribution is -2.51. The molecule has 0 saturated carbocycles. The monoisotopic (exact) mass is 326 g/mol. The summed E-state index contributed by atoms with van der Waals surface area (Å²) in [5, 5.41) is 15.9. The minimum absolute atomic E-state index is 0.116. The van der Waals surface area contributed by atoms with Crippen molar-refractivity contribution in [3.8, 4) is 0 Å². The van der Waals surface area contributed by atoms with Gasteiger partial charge in [0, 0.05) is 10.6 Å². The lowest BCUT2D eigenvalue weighted by molar-refractivity contribution is -0.130. The lowest BCUT2D eigenvalue weighted by atomic mass is 10.1. The van der Waals surface area contributed by atoms with Crippen LogP contribution < -0.4 is 10.6 Å². The van der Waals surface area contributed by atoms with Gasteiger partial charge in [-0.25, -0.2) is 0 Å². The predicted molar refractivity (Wildman–Crippen MR) is 86.5 cm³/mol. The van der Waals surface area contributed by atoms with Gasteiger partial charge >= 0.3 is 0 Å². The van der Waals surface area contributed by atoms with Crippen molar-refractivity contribution >= 4 is 23.4 Å². The van der Waals surface area contributed by atoms with E-state index in [1.807, 2.05) is 20.8 Å². The molecule has 0 radical (unpaired) electrons. The minimum Gasteiger partial charge on any atom is -0.388 e. The van der Waals surface area contributed by atoms with Crippen molar-refractivity contribution in [2.75, 3.05) is 0 Å². The first-order chi connectivity index (χ1) is 10.1. The standard InChI is InChI=1S/C16H23ClN2O3/c1-10(15(22)19-16(2,3)4)18-14(21)9-13(20)11-5-7-12(17)8-6-11/h5-8,10,13,20H,9H2,1-4H3,(H,18,21)(H,19,22). The Morgan fingerprint density at radius 2 is 1.77 bits per heavy atom. The molecule has 2 atom stereocenters. The molecule has 0 fully saturated rings. The number of rotatable bonds is 5. The van der Waals surface area contributed by atoms with E-state index in [-0.39, 0.29) is 23.8 Å². The Labute approximate surface area is 136 Å².